The Morgan fingerprint density at radius 2 is 1.86 bits per heavy atom. The summed E-state index contributed by atoms with van der Waals surface area (Å²) in [5, 5.41) is 11.4. The summed E-state index contributed by atoms with van der Waals surface area (Å²) in [6, 6.07) is 11.6. The third-order valence-corrected chi connectivity index (χ3v) is 4.25. The first-order valence-corrected chi connectivity index (χ1v) is 7.75. The van der Waals surface area contributed by atoms with Gasteiger partial charge in [0.2, 0.25) is 0 Å². The van der Waals surface area contributed by atoms with E-state index in [1.807, 2.05) is 37.3 Å². The van der Waals surface area contributed by atoms with Crippen molar-refractivity contribution < 1.29 is 14.3 Å². The van der Waals surface area contributed by atoms with Gasteiger partial charge in [0.25, 0.3) is 0 Å². The summed E-state index contributed by atoms with van der Waals surface area (Å²) in [5.41, 5.74) is 2.37. The number of carboxylic acids is 1. The molecule has 0 bridgehead atoms. The van der Waals surface area contributed by atoms with Crippen LogP contribution in [-0.4, -0.2) is 11.1 Å². The SMILES string of the molecule is CCC=C(C(=O)O)c1cccc2c1oc1c(I)cccc12. The van der Waals surface area contributed by atoms with E-state index in [0.717, 1.165) is 19.9 Å². The molecule has 0 amide bonds. The molecule has 0 spiro atoms. The van der Waals surface area contributed by atoms with Gasteiger partial charge in [0.05, 0.1) is 9.14 Å². The standard InChI is InChI=1S/C17H13IO3/c1-2-5-13(17(19)20)12-7-3-6-10-11-8-4-9-14(18)16(11)21-15(10)12/h3-9H,2H2,1H3,(H,19,20). The Labute approximate surface area is 135 Å². The number of carboxylic acid groups (broad SMARTS) is 1. The Morgan fingerprint density at radius 1 is 1.19 bits per heavy atom. The molecule has 3 rings (SSSR count). The molecule has 0 aliphatic heterocycles. The molecule has 0 atom stereocenters. The van der Waals surface area contributed by atoms with Gasteiger partial charge in [-0.15, -0.1) is 0 Å². The van der Waals surface area contributed by atoms with Crippen molar-refractivity contribution in [3.8, 4) is 0 Å². The molecule has 2 aromatic carbocycles. The largest absolute Gasteiger partial charge is 0.478 e. The smallest absolute Gasteiger partial charge is 0.336 e. The fraction of sp³-hybridized carbons (Fsp3) is 0.118. The highest BCUT2D eigenvalue weighted by Gasteiger charge is 2.18. The third-order valence-electron chi connectivity index (χ3n) is 3.41. The maximum Gasteiger partial charge on any atom is 0.336 e. The normalized spacial score (nSPS) is 12.2. The van der Waals surface area contributed by atoms with Crippen LogP contribution in [0.15, 0.2) is 46.9 Å². The van der Waals surface area contributed by atoms with E-state index in [1.165, 1.54) is 0 Å². The molecule has 0 saturated heterocycles. The van der Waals surface area contributed by atoms with Crippen molar-refractivity contribution >= 4 is 56.1 Å². The number of aliphatic carboxylic acids is 1. The zero-order valence-corrected chi connectivity index (χ0v) is 13.5. The number of hydrogen-bond acceptors (Lipinski definition) is 2. The predicted molar refractivity (Wildman–Crippen MR) is 92.3 cm³/mol. The van der Waals surface area contributed by atoms with Gasteiger partial charge < -0.3 is 9.52 Å². The van der Waals surface area contributed by atoms with Crippen LogP contribution in [0.25, 0.3) is 27.5 Å². The molecule has 21 heavy (non-hydrogen) atoms. The molecule has 1 heterocycles. The second-order valence-electron chi connectivity index (χ2n) is 4.73. The van der Waals surface area contributed by atoms with Gasteiger partial charge in [-0.2, -0.15) is 0 Å². The summed E-state index contributed by atoms with van der Waals surface area (Å²) in [5.74, 6) is -0.931. The van der Waals surface area contributed by atoms with Crippen molar-refractivity contribution in [3.05, 3.63) is 51.6 Å². The van der Waals surface area contributed by atoms with E-state index in [9.17, 15) is 9.90 Å². The number of hydrogen-bond donors (Lipinski definition) is 1. The Morgan fingerprint density at radius 3 is 2.52 bits per heavy atom. The van der Waals surface area contributed by atoms with Crippen LogP contribution in [0.5, 0.6) is 0 Å². The van der Waals surface area contributed by atoms with Crippen molar-refractivity contribution in [2.24, 2.45) is 0 Å². The average Bonchev–Trinajstić information content (AvgIpc) is 2.85. The zero-order chi connectivity index (χ0) is 15.0. The highest BCUT2D eigenvalue weighted by Crippen LogP contribution is 2.35. The lowest BCUT2D eigenvalue weighted by molar-refractivity contribution is -0.130. The van der Waals surface area contributed by atoms with Crippen molar-refractivity contribution in [2.75, 3.05) is 0 Å². The van der Waals surface area contributed by atoms with E-state index in [1.54, 1.807) is 12.1 Å². The van der Waals surface area contributed by atoms with Gasteiger partial charge in [-0.25, -0.2) is 4.79 Å². The number of furan rings is 1. The van der Waals surface area contributed by atoms with Crippen LogP contribution in [0, 0.1) is 3.57 Å². The summed E-state index contributed by atoms with van der Waals surface area (Å²) in [4.78, 5) is 11.5. The molecule has 1 N–H and O–H groups in total. The van der Waals surface area contributed by atoms with E-state index in [2.05, 4.69) is 22.6 Å². The molecule has 0 radical (unpaired) electrons. The zero-order valence-electron chi connectivity index (χ0n) is 11.4. The molecule has 0 aliphatic rings. The lowest BCUT2D eigenvalue weighted by Crippen LogP contribution is -1.99. The van der Waals surface area contributed by atoms with Crippen LogP contribution in [0.4, 0.5) is 0 Å². The van der Waals surface area contributed by atoms with Gasteiger partial charge in [0.1, 0.15) is 11.2 Å². The van der Waals surface area contributed by atoms with Crippen LogP contribution in [0.2, 0.25) is 0 Å². The first-order chi connectivity index (χ1) is 10.1. The van der Waals surface area contributed by atoms with Crippen LogP contribution >= 0.6 is 22.6 Å². The predicted octanol–water partition coefficient (Wildman–Crippen LogP) is 5.07. The molecule has 3 aromatic rings. The lowest BCUT2D eigenvalue weighted by Gasteiger charge is -2.03. The molecular formula is C17H13IO3. The van der Waals surface area contributed by atoms with Gasteiger partial charge in [0.15, 0.2) is 0 Å². The van der Waals surface area contributed by atoms with Gasteiger partial charge in [-0.3, -0.25) is 0 Å². The molecule has 0 fully saturated rings. The van der Waals surface area contributed by atoms with E-state index in [0.29, 0.717) is 17.6 Å². The minimum absolute atomic E-state index is 0.289. The molecule has 3 nitrogen and oxygen atoms in total. The van der Waals surface area contributed by atoms with Crippen molar-refractivity contribution in [3.63, 3.8) is 0 Å². The van der Waals surface area contributed by atoms with E-state index in [-0.39, 0.29) is 5.57 Å². The fourth-order valence-electron chi connectivity index (χ4n) is 2.51. The number of fused-ring (bicyclic) bond motifs is 3. The van der Waals surface area contributed by atoms with Gasteiger partial charge in [0, 0.05) is 16.3 Å². The van der Waals surface area contributed by atoms with E-state index >= 15 is 0 Å². The summed E-state index contributed by atoms with van der Waals surface area (Å²) in [7, 11) is 0. The molecular weight excluding hydrogens is 379 g/mol. The molecule has 106 valence electrons. The summed E-state index contributed by atoms with van der Waals surface area (Å²) >= 11 is 2.23. The molecule has 1 aromatic heterocycles. The Bertz CT molecular complexity index is 874. The topological polar surface area (TPSA) is 50.4 Å². The lowest BCUT2D eigenvalue weighted by atomic mass is 10.0. The van der Waals surface area contributed by atoms with Crippen molar-refractivity contribution in [1.29, 1.82) is 0 Å². The summed E-state index contributed by atoms with van der Waals surface area (Å²) in [6.07, 6.45) is 2.38. The second-order valence-corrected chi connectivity index (χ2v) is 5.89. The molecule has 0 saturated carbocycles. The number of benzene rings is 2. The Hall–Kier alpha value is -1.82. The van der Waals surface area contributed by atoms with Crippen molar-refractivity contribution in [1.82, 2.24) is 0 Å². The minimum atomic E-state index is -0.931. The van der Waals surface area contributed by atoms with Crippen LogP contribution in [-0.2, 0) is 4.79 Å². The third kappa shape index (κ3) is 2.33. The average molecular weight is 392 g/mol. The Balaban J connectivity index is 2.40. The van der Waals surface area contributed by atoms with Crippen molar-refractivity contribution in [2.45, 2.75) is 13.3 Å². The summed E-state index contributed by atoms with van der Waals surface area (Å²) < 4.78 is 7.00. The summed E-state index contributed by atoms with van der Waals surface area (Å²) in [6.45, 7) is 1.92. The highest BCUT2D eigenvalue weighted by molar-refractivity contribution is 14.1. The number of rotatable bonds is 3. The van der Waals surface area contributed by atoms with Crippen LogP contribution in [0.1, 0.15) is 18.9 Å². The van der Waals surface area contributed by atoms with Crippen LogP contribution < -0.4 is 0 Å². The van der Waals surface area contributed by atoms with Gasteiger partial charge in [-0.1, -0.05) is 43.3 Å². The van der Waals surface area contributed by atoms with Gasteiger partial charge >= 0.3 is 5.97 Å². The first kappa shape index (κ1) is 14.1. The quantitative estimate of drug-likeness (QED) is 0.500. The number of carbonyl (C=O) groups is 1. The number of para-hydroxylation sites is 2. The Kier molecular flexibility index (Phi) is 3.71. The maximum atomic E-state index is 11.5. The molecule has 0 unspecified atom stereocenters. The van der Waals surface area contributed by atoms with Crippen LogP contribution in [0.3, 0.4) is 0 Å². The first-order valence-electron chi connectivity index (χ1n) is 6.67. The number of halogens is 1. The number of allylic oxidation sites excluding steroid dienone is 1. The fourth-order valence-corrected chi connectivity index (χ4v) is 3.12. The maximum absolute atomic E-state index is 11.5. The molecule has 4 heteroatoms. The molecule has 0 aliphatic carbocycles. The highest BCUT2D eigenvalue weighted by atomic mass is 127. The van der Waals surface area contributed by atoms with E-state index < -0.39 is 5.97 Å². The van der Waals surface area contributed by atoms with Gasteiger partial charge in [-0.05, 0) is 35.1 Å². The monoisotopic (exact) mass is 392 g/mol. The second kappa shape index (κ2) is 5.52. The van der Waals surface area contributed by atoms with E-state index in [4.69, 9.17) is 4.42 Å². The minimum Gasteiger partial charge on any atom is -0.478 e.